The SMILES string of the molecule is CCOC(=O)c1cc(Br)ccc1NC(=O)NCCC(=O)O. The van der Waals surface area contributed by atoms with Crippen LogP contribution in [0.5, 0.6) is 0 Å². The van der Waals surface area contributed by atoms with E-state index in [9.17, 15) is 14.4 Å². The van der Waals surface area contributed by atoms with Crippen molar-refractivity contribution in [3.05, 3.63) is 28.2 Å². The fourth-order valence-electron chi connectivity index (χ4n) is 1.45. The summed E-state index contributed by atoms with van der Waals surface area (Å²) in [5.41, 5.74) is 0.490. The van der Waals surface area contributed by atoms with Crippen LogP contribution in [0.1, 0.15) is 23.7 Å². The molecule has 0 aliphatic heterocycles. The molecule has 1 aromatic carbocycles. The molecule has 0 heterocycles. The van der Waals surface area contributed by atoms with Crippen LogP contribution in [0.2, 0.25) is 0 Å². The molecule has 1 rings (SSSR count). The van der Waals surface area contributed by atoms with E-state index in [2.05, 4.69) is 26.6 Å². The Morgan fingerprint density at radius 1 is 1.33 bits per heavy atom. The minimum atomic E-state index is -1.01. The van der Waals surface area contributed by atoms with E-state index in [1.807, 2.05) is 0 Å². The lowest BCUT2D eigenvalue weighted by Crippen LogP contribution is -2.31. The lowest BCUT2D eigenvalue weighted by molar-refractivity contribution is -0.136. The zero-order valence-corrected chi connectivity index (χ0v) is 12.9. The van der Waals surface area contributed by atoms with Crippen LogP contribution < -0.4 is 10.6 Å². The molecule has 0 bridgehead atoms. The first-order valence-corrected chi connectivity index (χ1v) is 6.96. The van der Waals surface area contributed by atoms with Crippen molar-refractivity contribution < 1.29 is 24.2 Å². The summed E-state index contributed by atoms with van der Waals surface area (Å²) < 4.78 is 5.58. The quantitative estimate of drug-likeness (QED) is 0.676. The van der Waals surface area contributed by atoms with Gasteiger partial charge in [-0.3, -0.25) is 4.79 Å². The molecule has 0 aliphatic carbocycles. The summed E-state index contributed by atoms with van der Waals surface area (Å²) in [7, 11) is 0. The number of halogens is 1. The molecular formula is C13H15BrN2O5. The Hall–Kier alpha value is -2.09. The maximum absolute atomic E-state index is 11.8. The minimum absolute atomic E-state index is 0.00751. The molecule has 0 saturated carbocycles. The van der Waals surface area contributed by atoms with Crippen LogP contribution in [-0.4, -0.2) is 36.2 Å². The highest BCUT2D eigenvalue weighted by atomic mass is 79.9. The average molecular weight is 359 g/mol. The predicted octanol–water partition coefficient (Wildman–Crippen LogP) is 2.22. The number of hydrogen-bond donors (Lipinski definition) is 3. The Balaban J connectivity index is 2.75. The number of hydrogen-bond acceptors (Lipinski definition) is 4. The Kier molecular flexibility index (Phi) is 6.67. The lowest BCUT2D eigenvalue weighted by Gasteiger charge is -2.11. The third kappa shape index (κ3) is 5.82. The molecule has 0 unspecified atom stereocenters. The van der Waals surface area contributed by atoms with E-state index < -0.39 is 18.0 Å². The highest BCUT2D eigenvalue weighted by Crippen LogP contribution is 2.22. The van der Waals surface area contributed by atoms with Crippen LogP contribution in [0, 0.1) is 0 Å². The molecule has 0 saturated heterocycles. The molecule has 0 aliphatic rings. The molecule has 114 valence electrons. The molecule has 0 fully saturated rings. The number of anilines is 1. The second-order valence-electron chi connectivity index (χ2n) is 3.94. The molecular weight excluding hydrogens is 344 g/mol. The molecule has 0 aromatic heterocycles. The van der Waals surface area contributed by atoms with Crippen LogP contribution in [0.15, 0.2) is 22.7 Å². The number of carbonyl (C=O) groups is 3. The normalized spacial score (nSPS) is 9.81. The molecule has 3 N–H and O–H groups in total. The first-order valence-electron chi connectivity index (χ1n) is 6.17. The fraction of sp³-hybridized carbons (Fsp3) is 0.308. The molecule has 0 spiro atoms. The number of carbonyl (C=O) groups excluding carboxylic acids is 2. The molecule has 2 amide bonds. The summed E-state index contributed by atoms with van der Waals surface area (Å²) in [4.78, 5) is 33.8. The maximum Gasteiger partial charge on any atom is 0.340 e. The van der Waals surface area contributed by atoms with Crippen LogP contribution in [0.25, 0.3) is 0 Å². The fourth-order valence-corrected chi connectivity index (χ4v) is 1.81. The van der Waals surface area contributed by atoms with Gasteiger partial charge in [-0.05, 0) is 25.1 Å². The van der Waals surface area contributed by atoms with Crippen LogP contribution in [0.4, 0.5) is 10.5 Å². The monoisotopic (exact) mass is 358 g/mol. The van der Waals surface area contributed by atoms with Crippen LogP contribution in [0.3, 0.4) is 0 Å². The van der Waals surface area contributed by atoms with E-state index in [-0.39, 0.29) is 30.8 Å². The van der Waals surface area contributed by atoms with Gasteiger partial charge in [-0.2, -0.15) is 0 Å². The number of benzene rings is 1. The number of carboxylic acid groups (broad SMARTS) is 1. The third-order valence-corrected chi connectivity index (χ3v) is 2.84. The van der Waals surface area contributed by atoms with Gasteiger partial charge in [0, 0.05) is 11.0 Å². The summed E-state index contributed by atoms with van der Waals surface area (Å²) >= 11 is 3.24. The van der Waals surface area contributed by atoms with Crippen molar-refractivity contribution in [1.82, 2.24) is 5.32 Å². The summed E-state index contributed by atoms with van der Waals surface area (Å²) in [6, 6.07) is 4.15. The summed E-state index contributed by atoms with van der Waals surface area (Å²) in [5.74, 6) is -1.56. The van der Waals surface area contributed by atoms with Gasteiger partial charge in [-0.15, -0.1) is 0 Å². The van der Waals surface area contributed by atoms with Crippen molar-refractivity contribution in [2.75, 3.05) is 18.5 Å². The maximum atomic E-state index is 11.8. The van der Waals surface area contributed by atoms with E-state index in [0.29, 0.717) is 4.47 Å². The van der Waals surface area contributed by atoms with Crippen molar-refractivity contribution in [2.45, 2.75) is 13.3 Å². The van der Waals surface area contributed by atoms with Crippen LogP contribution >= 0.6 is 15.9 Å². The van der Waals surface area contributed by atoms with Gasteiger partial charge < -0.3 is 20.5 Å². The standard InChI is InChI=1S/C13H15BrN2O5/c1-2-21-12(19)9-7-8(14)3-4-10(9)16-13(20)15-6-5-11(17)18/h3-4,7H,2,5-6H2,1H3,(H,17,18)(H2,15,16,20). The van der Waals surface area contributed by atoms with Gasteiger partial charge in [0.05, 0.1) is 24.3 Å². The smallest absolute Gasteiger partial charge is 0.340 e. The number of aliphatic carboxylic acids is 1. The molecule has 1 aromatic rings. The number of esters is 1. The van der Waals surface area contributed by atoms with Gasteiger partial charge in [-0.1, -0.05) is 15.9 Å². The van der Waals surface area contributed by atoms with E-state index in [1.165, 1.54) is 6.07 Å². The van der Waals surface area contributed by atoms with Crippen molar-refractivity contribution in [1.29, 1.82) is 0 Å². The second kappa shape index (κ2) is 8.25. The topological polar surface area (TPSA) is 105 Å². The molecule has 0 atom stereocenters. The van der Waals surface area contributed by atoms with Gasteiger partial charge in [0.15, 0.2) is 0 Å². The Bertz CT molecular complexity index is 547. The lowest BCUT2D eigenvalue weighted by atomic mass is 10.2. The average Bonchev–Trinajstić information content (AvgIpc) is 2.40. The van der Waals surface area contributed by atoms with Gasteiger partial charge in [0.25, 0.3) is 0 Å². The Morgan fingerprint density at radius 2 is 2.05 bits per heavy atom. The van der Waals surface area contributed by atoms with E-state index >= 15 is 0 Å². The number of amides is 2. The Morgan fingerprint density at radius 3 is 2.67 bits per heavy atom. The number of nitrogens with one attached hydrogen (secondary N) is 2. The zero-order chi connectivity index (χ0) is 15.8. The first-order chi connectivity index (χ1) is 9.93. The number of carboxylic acids is 1. The van der Waals surface area contributed by atoms with Crippen molar-refractivity contribution >= 4 is 39.6 Å². The van der Waals surface area contributed by atoms with Crippen LogP contribution in [-0.2, 0) is 9.53 Å². The van der Waals surface area contributed by atoms with E-state index in [1.54, 1.807) is 19.1 Å². The highest BCUT2D eigenvalue weighted by Gasteiger charge is 2.15. The predicted molar refractivity (Wildman–Crippen MR) is 79.4 cm³/mol. The zero-order valence-electron chi connectivity index (χ0n) is 11.3. The molecule has 21 heavy (non-hydrogen) atoms. The van der Waals surface area contributed by atoms with E-state index in [0.717, 1.165) is 0 Å². The number of urea groups is 1. The number of rotatable bonds is 6. The van der Waals surface area contributed by atoms with E-state index in [4.69, 9.17) is 9.84 Å². The molecule has 8 heteroatoms. The van der Waals surface area contributed by atoms with Crippen molar-refractivity contribution in [3.63, 3.8) is 0 Å². The second-order valence-corrected chi connectivity index (χ2v) is 4.85. The largest absolute Gasteiger partial charge is 0.481 e. The summed E-state index contributed by atoms with van der Waals surface area (Å²) in [6.07, 6.45) is -0.182. The third-order valence-electron chi connectivity index (χ3n) is 2.35. The van der Waals surface area contributed by atoms with Crippen molar-refractivity contribution in [2.24, 2.45) is 0 Å². The van der Waals surface area contributed by atoms with Gasteiger partial charge in [0.2, 0.25) is 0 Å². The highest BCUT2D eigenvalue weighted by molar-refractivity contribution is 9.10. The van der Waals surface area contributed by atoms with Gasteiger partial charge in [0.1, 0.15) is 0 Å². The summed E-state index contributed by atoms with van der Waals surface area (Å²) in [5, 5.41) is 13.4. The summed E-state index contributed by atoms with van der Waals surface area (Å²) in [6.45, 7) is 1.89. The molecule has 0 radical (unpaired) electrons. The Labute approximate surface area is 129 Å². The minimum Gasteiger partial charge on any atom is -0.481 e. The van der Waals surface area contributed by atoms with Gasteiger partial charge >= 0.3 is 18.0 Å². The number of ether oxygens (including phenoxy) is 1. The van der Waals surface area contributed by atoms with Crippen molar-refractivity contribution in [3.8, 4) is 0 Å². The van der Waals surface area contributed by atoms with Gasteiger partial charge in [-0.25, -0.2) is 9.59 Å². The first kappa shape index (κ1) is 17.0. The molecule has 7 nitrogen and oxygen atoms in total.